The summed E-state index contributed by atoms with van der Waals surface area (Å²) >= 11 is 6.14. The second-order valence-electron chi connectivity index (χ2n) is 5.86. The van der Waals surface area contributed by atoms with E-state index in [-0.39, 0.29) is 11.7 Å². The predicted octanol–water partition coefficient (Wildman–Crippen LogP) is 3.36. The maximum absolute atomic E-state index is 12.4. The number of aromatic nitrogens is 3. The van der Waals surface area contributed by atoms with Gasteiger partial charge in [0.15, 0.2) is 5.82 Å². The minimum Gasteiger partial charge on any atom is -0.494 e. The van der Waals surface area contributed by atoms with Crippen LogP contribution in [0, 0.1) is 0 Å². The summed E-state index contributed by atoms with van der Waals surface area (Å²) in [5.41, 5.74) is 1.51. The van der Waals surface area contributed by atoms with Gasteiger partial charge in [-0.2, -0.15) is 0 Å². The second-order valence-corrected chi connectivity index (χ2v) is 6.29. The molecule has 3 rings (SSSR count). The van der Waals surface area contributed by atoms with E-state index in [9.17, 15) is 4.79 Å². The Kier molecular flexibility index (Phi) is 6.62. The summed E-state index contributed by atoms with van der Waals surface area (Å²) in [6.45, 7) is 3.30. The van der Waals surface area contributed by atoms with Crippen LogP contribution >= 0.6 is 11.6 Å². The van der Waals surface area contributed by atoms with Crippen molar-refractivity contribution in [2.45, 2.75) is 6.92 Å². The van der Waals surface area contributed by atoms with Crippen LogP contribution in [0.15, 0.2) is 48.5 Å². The number of methoxy groups -OCH3 is 1. The molecule has 1 N–H and O–H groups in total. The normalized spacial score (nSPS) is 10.7. The van der Waals surface area contributed by atoms with Crippen LogP contribution in [0.25, 0.3) is 17.1 Å². The van der Waals surface area contributed by atoms with Crippen molar-refractivity contribution >= 4 is 17.5 Å². The molecular formula is C20H21ClN4O3. The molecule has 3 aromatic rings. The van der Waals surface area contributed by atoms with E-state index in [4.69, 9.17) is 21.1 Å². The summed E-state index contributed by atoms with van der Waals surface area (Å²) < 4.78 is 12.1. The van der Waals surface area contributed by atoms with E-state index < -0.39 is 0 Å². The number of amides is 1. The molecule has 1 aromatic heterocycles. The van der Waals surface area contributed by atoms with E-state index in [1.165, 1.54) is 0 Å². The van der Waals surface area contributed by atoms with Crippen LogP contribution in [0.4, 0.5) is 0 Å². The molecule has 2 aromatic carbocycles. The third kappa shape index (κ3) is 4.68. The van der Waals surface area contributed by atoms with Gasteiger partial charge in [-0.05, 0) is 43.3 Å². The Morgan fingerprint density at radius 1 is 1.21 bits per heavy atom. The number of ether oxygens (including phenoxy) is 2. The first-order chi connectivity index (χ1) is 13.6. The highest BCUT2D eigenvalue weighted by Crippen LogP contribution is 2.25. The number of rotatable bonds is 8. The SMILES string of the molecule is CCOc1ccc(-n2nc(C(=O)NCCOC)nc2-c2cccc(Cl)c2)cc1. The maximum Gasteiger partial charge on any atom is 0.291 e. The largest absolute Gasteiger partial charge is 0.494 e. The molecule has 0 unspecified atom stereocenters. The number of hydrogen-bond acceptors (Lipinski definition) is 5. The maximum atomic E-state index is 12.4. The van der Waals surface area contributed by atoms with Crippen LogP contribution in [-0.4, -0.2) is 47.5 Å². The molecule has 0 bridgehead atoms. The first-order valence-corrected chi connectivity index (χ1v) is 9.23. The molecular weight excluding hydrogens is 380 g/mol. The van der Waals surface area contributed by atoms with Crippen molar-refractivity contribution in [2.24, 2.45) is 0 Å². The van der Waals surface area contributed by atoms with E-state index in [0.717, 1.165) is 17.0 Å². The van der Waals surface area contributed by atoms with Crippen LogP contribution in [0.1, 0.15) is 17.5 Å². The number of carbonyl (C=O) groups excluding carboxylic acids is 1. The highest BCUT2D eigenvalue weighted by Gasteiger charge is 2.19. The van der Waals surface area contributed by atoms with Crippen molar-refractivity contribution in [1.29, 1.82) is 0 Å². The van der Waals surface area contributed by atoms with Gasteiger partial charge in [-0.1, -0.05) is 23.7 Å². The van der Waals surface area contributed by atoms with Crippen molar-refractivity contribution in [3.8, 4) is 22.8 Å². The zero-order valence-corrected chi connectivity index (χ0v) is 16.4. The molecule has 0 saturated heterocycles. The highest BCUT2D eigenvalue weighted by atomic mass is 35.5. The van der Waals surface area contributed by atoms with Crippen molar-refractivity contribution in [1.82, 2.24) is 20.1 Å². The van der Waals surface area contributed by atoms with Crippen LogP contribution in [0.5, 0.6) is 5.75 Å². The van der Waals surface area contributed by atoms with Gasteiger partial charge in [0.25, 0.3) is 5.91 Å². The summed E-state index contributed by atoms with van der Waals surface area (Å²) in [7, 11) is 1.57. The number of nitrogens with one attached hydrogen (secondary N) is 1. The fourth-order valence-corrected chi connectivity index (χ4v) is 2.79. The molecule has 146 valence electrons. The summed E-state index contributed by atoms with van der Waals surface area (Å²) in [6, 6.07) is 14.7. The molecule has 0 fully saturated rings. The average Bonchev–Trinajstić information content (AvgIpc) is 3.14. The molecule has 7 nitrogen and oxygen atoms in total. The topological polar surface area (TPSA) is 78.3 Å². The van der Waals surface area contributed by atoms with Crippen LogP contribution in [0.3, 0.4) is 0 Å². The van der Waals surface area contributed by atoms with Gasteiger partial charge < -0.3 is 14.8 Å². The van der Waals surface area contributed by atoms with Gasteiger partial charge in [-0.15, -0.1) is 5.10 Å². The molecule has 8 heteroatoms. The fraction of sp³-hybridized carbons (Fsp3) is 0.250. The predicted molar refractivity (Wildman–Crippen MR) is 107 cm³/mol. The molecule has 0 aliphatic heterocycles. The van der Waals surface area contributed by atoms with Gasteiger partial charge in [-0.3, -0.25) is 4.79 Å². The molecule has 1 amide bonds. The van der Waals surface area contributed by atoms with E-state index in [1.54, 1.807) is 23.9 Å². The minimum atomic E-state index is -0.370. The minimum absolute atomic E-state index is 0.0694. The summed E-state index contributed by atoms with van der Waals surface area (Å²) in [5, 5.41) is 7.72. The molecule has 0 aliphatic rings. The zero-order chi connectivity index (χ0) is 19.9. The van der Waals surface area contributed by atoms with E-state index in [1.807, 2.05) is 43.3 Å². The lowest BCUT2D eigenvalue weighted by atomic mass is 10.2. The Bertz CT molecular complexity index is 941. The van der Waals surface area contributed by atoms with Crippen LogP contribution < -0.4 is 10.1 Å². The van der Waals surface area contributed by atoms with Gasteiger partial charge in [0.05, 0.1) is 18.9 Å². The molecule has 0 radical (unpaired) electrons. The van der Waals surface area contributed by atoms with Crippen LogP contribution in [0.2, 0.25) is 5.02 Å². The van der Waals surface area contributed by atoms with Gasteiger partial charge in [0.2, 0.25) is 5.82 Å². The first kappa shape index (κ1) is 19.9. The van der Waals surface area contributed by atoms with Gasteiger partial charge in [0, 0.05) is 24.2 Å². The zero-order valence-electron chi connectivity index (χ0n) is 15.7. The molecule has 0 spiro atoms. The number of halogens is 1. The third-order valence-corrected chi connectivity index (χ3v) is 4.11. The lowest BCUT2D eigenvalue weighted by molar-refractivity contribution is 0.0927. The van der Waals surface area contributed by atoms with Crippen molar-refractivity contribution in [3.63, 3.8) is 0 Å². The molecule has 1 heterocycles. The average molecular weight is 401 g/mol. The standard InChI is InChI=1S/C20H21ClN4O3/c1-3-28-17-9-7-16(8-10-17)25-19(14-5-4-6-15(21)13-14)23-18(24-25)20(26)22-11-12-27-2/h4-10,13H,3,11-12H2,1-2H3,(H,22,26). The van der Waals surface area contributed by atoms with E-state index >= 15 is 0 Å². The monoisotopic (exact) mass is 400 g/mol. The summed E-state index contributed by atoms with van der Waals surface area (Å²) in [4.78, 5) is 16.8. The molecule has 0 saturated carbocycles. The third-order valence-electron chi connectivity index (χ3n) is 3.88. The van der Waals surface area contributed by atoms with Gasteiger partial charge in [-0.25, -0.2) is 9.67 Å². The highest BCUT2D eigenvalue weighted by molar-refractivity contribution is 6.30. The Balaban J connectivity index is 1.99. The number of nitrogens with zero attached hydrogens (tertiary/aromatic N) is 3. The fourth-order valence-electron chi connectivity index (χ4n) is 2.60. The number of benzene rings is 2. The molecule has 0 atom stereocenters. The van der Waals surface area contributed by atoms with Gasteiger partial charge >= 0.3 is 0 Å². The lowest BCUT2D eigenvalue weighted by Gasteiger charge is -2.08. The van der Waals surface area contributed by atoms with Crippen LogP contribution in [-0.2, 0) is 4.74 Å². The van der Waals surface area contributed by atoms with Crippen molar-refractivity contribution < 1.29 is 14.3 Å². The Morgan fingerprint density at radius 2 is 2.00 bits per heavy atom. The Labute approximate surface area is 168 Å². The second kappa shape index (κ2) is 9.34. The molecule has 28 heavy (non-hydrogen) atoms. The first-order valence-electron chi connectivity index (χ1n) is 8.85. The Hall–Kier alpha value is -2.90. The van der Waals surface area contributed by atoms with Gasteiger partial charge in [0.1, 0.15) is 5.75 Å². The van der Waals surface area contributed by atoms with E-state index in [0.29, 0.717) is 30.6 Å². The van der Waals surface area contributed by atoms with Crippen molar-refractivity contribution in [2.75, 3.05) is 26.9 Å². The van der Waals surface area contributed by atoms with E-state index in [2.05, 4.69) is 15.4 Å². The quantitative estimate of drug-likeness (QED) is 0.586. The number of hydrogen-bond donors (Lipinski definition) is 1. The summed E-state index contributed by atoms with van der Waals surface area (Å²) in [5.74, 6) is 0.974. The van der Waals surface area contributed by atoms with Crippen molar-refractivity contribution in [3.05, 3.63) is 59.4 Å². The smallest absolute Gasteiger partial charge is 0.291 e. The number of carbonyl (C=O) groups is 1. The Morgan fingerprint density at radius 3 is 2.68 bits per heavy atom. The molecule has 0 aliphatic carbocycles. The summed E-state index contributed by atoms with van der Waals surface area (Å²) in [6.07, 6.45) is 0. The lowest BCUT2D eigenvalue weighted by Crippen LogP contribution is -2.28.